The summed E-state index contributed by atoms with van der Waals surface area (Å²) in [6.45, 7) is 5.95. The van der Waals surface area contributed by atoms with Gasteiger partial charge < -0.3 is 10.2 Å². The topological polar surface area (TPSA) is 75.4 Å². The van der Waals surface area contributed by atoms with E-state index in [1.54, 1.807) is 22.2 Å². The average Bonchev–Trinajstić information content (AvgIpc) is 3.36. The fourth-order valence-corrected chi connectivity index (χ4v) is 4.51. The Morgan fingerprint density at radius 2 is 2.07 bits per heavy atom. The van der Waals surface area contributed by atoms with Gasteiger partial charge in [0.1, 0.15) is 12.1 Å². The molecule has 1 amide bonds. The number of carbonyl (C=O) groups is 1. The molecule has 3 aromatic heterocycles. The van der Waals surface area contributed by atoms with E-state index in [0.717, 1.165) is 37.4 Å². The van der Waals surface area contributed by atoms with Crippen LogP contribution in [-0.4, -0.2) is 38.8 Å². The maximum atomic E-state index is 12.8. The minimum absolute atomic E-state index is 0.0566. The van der Waals surface area contributed by atoms with Gasteiger partial charge in [-0.2, -0.15) is 4.52 Å². The highest BCUT2D eigenvalue weighted by molar-refractivity contribution is 7.10. The first-order valence-corrected chi connectivity index (χ1v) is 10.3. The van der Waals surface area contributed by atoms with Gasteiger partial charge >= 0.3 is 0 Å². The molecule has 1 aliphatic heterocycles. The van der Waals surface area contributed by atoms with Gasteiger partial charge in [-0.15, -0.1) is 26.6 Å². The summed E-state index contributed by atoms with van der Waals surface area (Å²) < 4.78 is 1.68. The van der Waals surface area contributed by atoms with Crippen LogP contribution >= 0.6 is 11.3 Å². The van der Waals surface area contributed by atoms with E-state index < -0.39 is 0 Å². The van der Waals surface area contributed by atoms with Crippen LogP contribution < -0.4 is 10.2 Å². The average molecular weight is 385 g/mol. The molecule has 1 N–H and O–H groups in total. The molecule has 8 heteroatoms. The molecule has 1 unspecified atom stereocenters. The van der Waals surface area contributed by atoms with Crippen LogP contribution in [-0.2, 0) is 4.79 Å². The lowest BCUT2D eigenvalue weighted by Gasteiger charge is -2.33. The Balaban J connectivity index is 1.37. The number of rotatable bonds is 5. The lowest BCUT2D eigenvalue weighted by atomic mass is 9.94. The third-order valence-electron chi connectivity index (χ3n) is 5.15. The Labute approximate surface area is 162 Å². The number of thiophene rings is 1. The minimum atomic E-state index is 0.0566. The van der Waals surface area contributed by atoms with Gasteiger partial charge in [0.15, 0.2) is 5.65 Å². The van der Waals surface area contributed by atoms with E-state index in [4.69, 9.17) is 0 Å². The summed E-state index contributed by atoms with van der Waals surface area (Å²) in [6, 6.07) is 8.12. The van der Waals surface area contributed by atoms with Crippen LogP contribution in [0.5, 0.6) is 0 Å². The number of fused-ring (bicyclic) bond motifs is 1. The molecular formula is C19H24N6OS. The Hall–Kier alpha value is -2.48. The molecule has 4 rings (SSSR count). The lowest BCUT2D eigenvalue weighted by Crippen LogP contribution is -2.42. The molecular weight excluding hydrogens is 360 g/mol. The molecule has 0 saturated carbocycles. The molecule has 1 atom stereocenters. The first kappa shape index (κ1) is 17.9. The summed E-state index contributed by atoms with van der Waals surface area (Å²) >= 11 is 1.70. The van der Waals surface area contributed by atoms with Gasteiger partial charge in [0.2, 0.25) is 5.91 Å². The fraction of sp³-hybridized carbons (Fsp3) is 0.474. The molecule has 0 bridgehead atoms. The molecule has 0 radical (unpaired) electrons. The van der Waals surface area contributed by atoms with Crippen molar-refractivity contribution < 1.29 is 4.79 Å². The van der Waals surface area contributed by atoms with Crippen molar-refractivity contribution >= 4 is 28.7 Å². The van der Waals surface area contributed by atoms with Gasteiger partial charge in [0.25, 0.3) is 0 Å². The van der Waals surface area contributed by atoms with Crippen LogP contribution in [0.15, 0.2) is 36.0 Å². The summed E-state index contributed by atoms with van der Waals surface area (Å²) in [5.41, 5.74) is 0.737. The van der Waals surface area contributed by atoms with E-state index in [1.165, 1.54) is 4.88 Å². The Kier molecular flexibility index (Phi) is 5.07. The van der Waals surface area contributed by atoms with Crippen LogP contribution in [0.25, 0.3) is 5.65 Å². The molecule has 142 valence electrons. The number of aromatic nitrogens is 4. The number of nitrogens with one attached hydrogen (secondary N) is 1. The second kappa shape index (κ2) is 7.64. The quantitative estimate of drug-likeness (QED) is 0.732. The van der Waals surface area contributed by atoms with E-state index in [-0.39, 0.29) is 17.9 Å². The van der Waals surface area contributed by atoms with Crippen LogP contribution in [0.4, 0.5) is 5.82 Å². The highest BCUT2D eigenvalue weighted by Crippen LogP contribution is 2.28. The van der Waals surface area contributed by atoms with E-state index in [9.17, 15) is 4.79 Å². The van der Waals surface area contributed by atoms with Gasteiger partial charge in [-0.1, -0.05) is 19.9 Å². The van der Waals surface area contributed by atoms with Gasteiger partial charge in [-0.25, -0.2) is 0 Å². The van der Waals surface area contributed by atoms with Crippen molar-refractivity contribution in [1.82, 2.24) is 25.1 Å². The van der Waals surface area contributed by atoms with E-state index in [2.05, 4.69) is 50.8 Å². The van der Waals surface area contributed by atoms with E-state index in [0.29, 0.717) is 5.92 Å². The number of hydrogen-bond donors (Lipinski definition) is 1. The van der Waals surface area contributed by atoms with Gasteiger partial charge in [0.05, 0.1) is 6.04 Å². The zero-order valence-electron chi connectivity index (χ0n) is 15.6. The zero-order chi connectivity index (χ0) is 18.8. The Morgan fingerprint density at radius 3 is 2.78 bits per heavy atom. The van der Waals surface area contributed by atoms with Crippen molar-refractivity contribution in [2.45, 2.75) is 32.7 Å². The standard InChI is InChI=1S/C19H24N6OS/c1-13(2)18(15-4-3-11-27-15)21-19(26)14-7-9-24(10-8-14)17-6-5-16-22-20-12-25(16)23-17/h3-6,11-14,18H,7-10H2,1-2H3,(H,21,26). The summed E-state index contributed by atoms with van der Waals surface area (Å²) in [4.78, 5) is 16.3. The van der Waals surface area contributed by atoms with Crippen molar-refractivity contribution in [3.05, 3.63) is 40.8 Å². The number of amides is 1. The largest absolute Gasteiger partial charge is 0.355 e. The number of anilines is 1. The Bertz CT molecular complexity index is 898. The summed E-state index contributed by atoms with van der Waals surface area (Å²) in [5.74, 6) is 1.50. The maximum absolute atomic E-state index is 12.8. The predicted molar refractivity (Wildman–Crippen MR) is 106 cm³/mol. The molecule has 1 fully saturated rings. The molecule has 0 aliphatic carbocycles. The first-order valence-electron chi connectivity index (χ1n) is 9.37. The van der Waals surface area contributed by atoms with Gasteiger partial charge in [0, 0.05) is 23.9 Å². The predicted octanol–water partition coefficient (Wildman–Crippen LogP) is 2.92. The van der Waals surface area contributed by atoms with Gasteiger partial charge in [-0.05, 0) is 42.3 Å². The van der Waals surface area contributed by atoms with Crippen LogP contribution in [0.3, 0.4) is 0 Å². The number of nitrogens with zero attached hydrogens (tertiary/aromatic N) is 5. The van der Waals surface area contributed by atoms with Crippen molar-refractivity contribution in [1.29, 1.82) is 0 Å². The minimum Gasteiger partial charge on any atom is -0.355 e. The van der Waals surface area contributed by atoms with Crippen LogP contribution in [0, 0.1) is 11.8 Å². The summed E-state index contributed by atoms with van der Waals surface area (Å²) in [7, 11) is 0. The van der Waals surface area contributed by atoms with E-state index >= 15 is 0 Å². The number of hydrogen-bond acceptors (Lipinski definition) is 6. The van der Waals surface area contributed by atoms with Crippen molar-refractivity contribution in [2.24, 2.45) is 11.8 Å². The molecule has 1 aliphatic rings. The fourth-order valence-electron chi connectivity index (χ4n) is 3.56. The molecule has 7 nitrogen and oxygen atoms in total. The lowest BCUT2D eigenvalue weighted by molar-refractivity contribution is -0.126. The van der Waals surface area contributed by atoms with Crippen LogP contribution in [0.2, 0.25) is 0 Å². The zero-order valence-corrected chi connectivity index (χ0v) is 16.4. The normalized spacial score (nSPS) is 16.8. The third-order valence-corrected chi connectivity index (χ3v) is 6.11. The SMILES string of the molecule is CC(C)C(NC(=O)C1CCN(c2ccc3nncn3n2)CC1)c1cccs1. The molecule has 0 spiro atoms. The van der Waals surface area contributed by atoms with Crippen molar-refractivity contribution in [3.8, 4) is 0 Å². The summed E-state index contributed by atoms with van der Waals surface area (Å²) in [5, 5.41) is 17.7. The molecule has 4 heterocycles. The van der Waals surface area contributed by atoms with Crippen molar-refractivity contribution in [2.75, 3.05) is 18.0 Å². The highest BCUT2D eigenvalue weighted by Gasteiger charge is 2.28. The molecule has 3 aromatic rings. The van der Waals surface area contributed by atoms with E-state index in [1.807, 2.05) is 18.2 Å². The first-order chi connectivity index (χ1) is 13.1. The van der Waals surface area contributed by atoms with Crippen LogP contribution in [0.1, 0.15) is 37.6 Å². The maximum Gasteiger partial charge on any atom is 0.223 e. The second-order valence-corrected chi connectivity index (χ2v) is 8.31. The molecule has 1 saturated heterocycles. The monoisotopic (exact) mass is 384 g/mol. The van der Waals surface area contributed by atoms with Gasteiger partial charge in [-0.3, -0.25) is 4.79 Å². The molecule has 27 heavy (non-hydrogen) atoms. The third kappa shape index (κ3) is 3.80. The van der Waals surface area contributed by atoms with Crippen molar-refractivity contribution in [3.63, 3.8) is 0 Å². The smallest absolute Gasteiger partial charge is 0.223 e. The second-order valence-electron chi connectivity index (χ2n) is 7.33. The molecule has 0 aromatic carbocycles. The Morgan fingerprint density at radius 1 is 1.26 bits per heavy atom. The highest BCUT2D eigenvalue weighted by atomic mass is 32.1. The number of carbonyl (C=O) groups excluding carboxylic acids is 1. The number of piperidine rings is 1. The summed E-state index contributed by atoms with van der Waals surface area (Å²) in [6.07, 6.45) is 3.28.